The van der Waals surface area contributed by atoms with Gasteiger partial charge in [-0.2, -0.15) is 0 Å². The average Bonchev–Trinajstić information content (AvgIpc) is 3.06. The first-order valence-corrected chi connectivity index (χ1v) is 7.39. The van der Waals surface area contributed by atoms with Crippen molar-refractivity contribution in [2.45, 2.75) is 32.1 Å². The molecule has 1 fully saturated rings. The minimum Gasteiger partial charge on any atom is -0.399 e. The maximum absolute atomic E-state index is 12.1. The van der Waals surface area contributed by atoms with Gasteiger partial charge < -0.3 is 16.0 Å². The molecule has 0 saturated heterocycles. The number of anilines is 1. The van der Waals surface area contributed by atoms with Gasteiger partial charge >= 0.3 is 0 Å². The highest BCUT2D eigenvalue weighted by molar-refractivity contribution is 5.98. The van der Waals surface area contributed by atoms with Crippen molar-refractivity contribution in [1.29, 1.82) is 0 Å². The van der Waals surface area contributed by atoms with E-state index >= 15 is 0 Å². The second-order valence-corrected chi connectivity index (χ2v) is 5.72. The fourth-order valence-corrected chi connectivity index (χ4v) is 3.06. The van der Waals surface area contributed by atoms with Crippen molar-refractivity contribution in [1.82, 2.24) is 10.3 Å². The van der Waals surface area contributed by atoms with Crippen LogP contribution < -0.4 is 11.1 Å². The zero-order chi connectivity index (χ0) is 13.9. The molecule has 1 aromatic carbocycles. The third-order valence-corrected chi connectivity index (χ3v) is 4.20. The molecule has 1 heterocycles. The summed E-state index contributed by atoms with van der Waals surface area (Å²) in [7, 11) is 0. The maximum atomic E-state index is 12.1. The lowest BCUT2D eigenvalue weighted by molar-refractivity contribution is 0.0947. The summed E-state index contributed by atoms with van der Waals surface area (Å²) in [5.74, 6) is 0.774. The number of H-pyrrole nitrogens is 1. The Balaban J connectivity index is 1.60. The molecule has 0 aliphatic heterocycles. The number of carbonyl (C=O) groups is 1. The smallest absolute Gasteiger partial charge is 0.267 e. The molecule has 1 aliphatic carbocycles. The van der Waals surface area contributed by atoms with Gasteiger partial charge in [0.2, 0.25) is 0 Å². The monoisotopic (exact) mass is 271 g/mol. The largest absolute Gasteiger partial charge is 0.399 e. The van der Waals surface area contributed by atoms with Gasteiger partial charge in [-0.3, -0.25) is 4.79 Å². The molecule has 1 saturated carbocycles. The third-order valence-electron chi connectivity index (χ3n) is 4.20. The number of hydrogen-bond acceptors (Lipinski definition) is 2. The molecule has 1 amide bonds. The van der Waals surface area contributed by atoms with E-state index in [4.69, 9.17) is 5.73 Å². The number of aromatic amines is 1. The number of hydrogen-bond donors (Lipinski definition) is 3. The van der Waals surface area contributed by atoms with Gasteiger partial charge in [0, 0.05) is 23.1 Å². The molecule has 1 aliphatic rings. The number of rotatable bonds is 4. The van der Waals surface area contributed by atoms with Crippen molar-refractivity contribution < 1.29 is 4.79 Å². The number of nitrogens with two attached hydrogens (primary N) is 1. The Kier molecular flexibility index (Phi) is 3.63. The summed E-state index contributed by atoms with van der Waals surface area (Å²) in [5.41, 5.74) is 8.01. The Labute approximate surface area is 118 Å². The van der Waals surface area contributed by atoms with Crippen LogP contribution >= 0.6 is 0 Å². The van der Waals surface area contributed by atoms with E-state index in [1.165, 1.54) is 25.7 Å². The van der Waals surface area contributed by atoms with E-state index in [1.807, 2.05) is 24.3 Å². The quantitative estimate of drug-likeness (QED) is 0.748. The number of aromatic nitrogens is 1. The SMILES string of the molecule is Nc1ccc2[nH]c(C(=O)NCCC3CCCC3)cc2c1. The standard InChI is InChI=1S/C16H21N3O/c17-13-5-6-14-12(9-13)10-15(19-14)16(20)18-8-7-11-3-1-2-4-11/h5-6,9-11,19H,1-4,7-8,17H2,(H,18,20). The van der Waals surface area contributed by atoms with Gasteiger partial charge in [0.25, 0.3) is 5.91 Å². The predicted molar refractivity (Wildman–Crippen MR) is 81.6 cm³/mol. The molecule has 3 rings (SSSR count). The molecule has 0 atom stereocenters. The van der Waals surface area contributed by atoms with Crippen molar-refractivity contribution in [2.24, 2.45) is 5.92 Å². The molecule has 20 heavy (non-hydrogen) atoms. The van der Waals surface area contributed by atoms with E-state index in [0.717, 1.165) is 29.8 Å². The van der Waals surface area contributed by atoms with Crippen LogP contribution in [0.1, 0.15) is 42.6 Å². The number of fused-ring (bicyclic) bond motifs is 1. The van der Waals surface area contributed by atoms with Gasteiger partial charge in [-0.15, -0.1) is 0 Å². The van der Waals surface area contributed by atoms with E-state index in [1.54, 1.807) is 0 Å². The van der Waals surface area contributed by atoms with E-state index in [-0.39, 0.29) is 5.91 Å². The summed E-state index contributed by atoms with van der Waals surface area (Å²) in [6, 6.07) is 7.47. The fraction of sp³-hybridized carbons (Fsp3) is 0.438. The molecule has 2 aromatic rings. The Morgan fingerprint density at radius 3 is 2.90 bits per heavy atom. The first-order chi connectivity index (χ1) is 9.72. The second kappa shape index (κ2) is 5.57. The molecule has 106 valence electrons. The molecule has 1 aromatic heterocycles. The van der Waals surface area contributed by atoms with Crippen molar-refractivity contribution >= 4 is 22.5 Å². The number of nitrogen functional groups attached to an aromatic ring is 1. The van der Waals surface area contributed by atoms with Crippen LogP contribution in [-0.2, 0) is 0 Å². The minimum atomic E-state index is -0.0298. The second-order valence-electron chi connectivity index (χ2n) is 5.72. The van der Waals surface area contributed by atoms with Gasteiger partial charge in [-0.1, -0.05) is 25.7 Å². The highest BCUT2D eigenvalue weighted by atomic mass is 16.1. The Morgan fingerprint density at radius 2 is 2.10 bits per heavy atom. The molecule has 4 nitrogen and oxygen atoms in total. The number of benzene rings is 1. The van der Waals surface area contributed by atoms with E-state index < -0.39 is 0 Å². The maximum Gasteiger partial charge on any atom is 0.267 e. The van der Waals surface area contributed by atoms with Gasteiger partial charge in [0.15, 0.2) is 0 Å². The molecule has 0 bridgehead atoms. The fourth-order valence-electron chi connectivity index (χ4n) is 3.06. The van der Waals surface area contributed by atoms with Crippen LogP contribution in [0, 0.1) is 5.92 Å². The topological polar surface area (TPSA) is 70.9 Å². The zero-order valence-electron chi connectivity index (χ0n) is 11.6. The zero-order valence-corrected chi connectivity index (χ0v) is 11.6. The Morgan fingerprint density at radius 1 is 1.30 bits per heavy atom. The van der Waals surface area contributed by atoms with Crippen molar-refractivity contribution in [3.8, 4) is 0 Å². The van der Waals surface area contributed by atoms with E-state index in [9.17, 15) is 4.79 Å². The first-order valence-electron chi connectivity index (χ1n) is 7.39. The van der Waals surface area contributed by atoms with Crippen LogP contribution in [0.3, 0.4) is 0 Å². The summed E-state index contributed by atoms with van der Waals surface area (Å²) < 4.78 is 0. The molecular formula is C16H21N3O. The Bertz CT molecular complexity index is 611. The van der Waals surface area contributed by atoms with Crippen molar-refractivity contribution in [3.05, 3.63) is 30.0 Å². The summed E-state index contributed by atoms with van der Waals surface area (Å²) in [6.45, 7) is 0.765. The summed E-state index contributed by atoms with van der Waals surface area (Å²) in [6.07, 6.45) is 6.44. The minimum absolute atomic E-state index is 0.0298. The van der Waals surface area contributed by atoms with Crippen LogP contribution in [0.15, 0.2) is 24.3 Å². The van der Waals surface area contributed by atoms with Gasteiger partial charge in [-0.25, -0.2) is 0 Å². The lowest BCUT2D eigenvalue weighted by Gasteiger charge is -2.09. The van der Waals surface area contributed by atoms with Gasteiger partial charge in [0.1, 0.15) is 5.69 Å². The van der Waals surface area contributed by atoms with Crippen LogP contribution in [0.4, 0.5) is 5.69 Å². The molecule has 0 radical (unpaired) electrons. The van der Waals surface area contributed by atoms with Gasteiger partial charge in [0.05, 0.1) is 0 Å². The van der Waals surface area contributed by atoms with Crippen LogP contribution in [0.5, 0.6) is 0 Å². The van der Waals surface area contributed by atoms with Crippen molar-refractivity contribution in [2.75, 3.05) is 12.3 Å². The Hall–Kier alpha value is -1.97. The summed E-state index contributed by atoms with van der Waals surface area (Å²) >= 11 is 0. The number of nitrogens with one attached hydrogen (secondary N) is 2. The number of amides is 1. The van der Waals surface area contributed by atoms with Crippen molar-refractivity contribution in [3.63, 3.8) is 0 Å². The van der Waals surface area contributed by atoms with Crippen LogP contribution in [0.25, 0.3) is 10.9 Å². The lowest BCUT2D eigenvalue weighted by atomic mass is 10.0. The molecule has 4 N–H and O–H groups in total. The highest BCUT2D eigenvalue weighted by Gasteiger charge is 2.15. The summed E-state index contributed by atoms with van der Waals surface area (Å²) in [4.78, 5) is 15.2. The van der Waals surface area contributed by atoms with E-state index in [0.29, 0.717) is 11.4 Å². The van der Waals surface area contributed by atoms with Crippen LogP contribution in [-0.4, -0.2) is 17.4 Å². The molecule has 4 heteroatoms. The van der Waals surface area contributed by atoms with Gasteiger partial charge in [-0.05, 0) is 36.6 Å². The molecule has 0 unspecified atom stereocenters. The first kappa shape index (κ1) is 13.0. The van der Waals surface area contributed by atoms with Crippen LogP contribution in [0.2, 0.25) is 0 Å². The normalized spacial score (nSPS) is 15.8. The predicted octanol–water partition coefficient (Wildman–Crippen LogP) is 3.06. The summed E-state index contributed by atoms with van der Waals surface area (Å²) in [5, 5.41) is 3.98. The third kappa shape index (κ3) is 2.79. The average molecular weight is 271 g/mol. The van der Waals surface area contributed by atoms with E-state index in [2.05, 4.69) is 10.3 Å². The lowest BCUT2D eigenvalue weighted by Crippen LogP contribution is -2.25. The molecule has 0 spiro atoms. The highest BCUT2D eigenvalue weighted by Crippen LogP contribution is 2.27. The molecular weight excluding hydrogens is 250 g/mol. The number of carbonyl (C=O) groups excluding carboxylic acids is 1.